The van der Waals surface area contributed by atoms with E-state index in [-0.39, 0.29) is 5.56 Å². The van der Waals surface area contributed by atoms with Crippen LogP contribution >= 0.6 is 15.9 Å². The Kier molecular flexibility index (Phi) is 5.44. The maximum absolute atomic E-state index is 10.7. The van der Waals surface area contributed by atoms with E-state index in [4.69, 9.17) is 14.6 Å². The van der Waals surface area contributed by atoms with Gasteiger partial charge in [-0.25, -0.2) is 4.79 Å². The Balaban J connectivity index is 1.84. The highest BCUT2D eigenvalue weighted by Gasteiger charge is 2.05. The van der Waals surface area contributed by atoms with Gasteiger partial charge in [-0.3, -0.25) is 0 Å². The number of benzene rings is 2. The number of hydrogen-bond donors (Lipinski definition) is 1. The van der Waals surface area contributed by atoms with E-state index in [0.717, 1.165) is 21.3 Å². The standard InChI is InChI=1S/C17H17BrO4/c1-11-10-16(12(2)9-15(11)18)22-8-7-21-14-5-3-13(4-6-14)17(19)20/h3-6,9-10H,7-8H2,1-2H3,(H,19,20). The van der Waals surface area contributed by atoms with Crippen molar-refractivity contribution in [2.75, 3.05) is 13.2 Å². The summed E-state index contributed by atoms with van der Waals surface area (Å²) in [4.78, 5) is 10.7. The van der Waals surface area contributed by atoms with Crippen molar-refractivity contribution < 1.29 is 19.4 Å². The van der Waals surface area contributed by atoms with Crippen LogP contribution in [0.2, 0.25) is 0 Å². The molecule has 0 aliphatic heterocycles. The summed E-state index contributed by atoms with van der Waals surface area (Å²) in [6.07, 6.45) is 0. The molecule has 2 rings (SSSR count). The third kappa shape index (κ3) is 4.24. The number of carbonyl (C=O) groups is 1. The molecule has 0 amide bonds. The van der Waals surface area contributed by atoms with Crippen LogP contribution in [0.3, 0.4) is 0 Å². The Bertz CT molecular complexity index is 665. The zero-order valence-corrected chi connectivity index (χ0v) is 14.0. The van der Waals surface area contributed by atoms with E-state index in [1.165, 1.54) is 12.1 Å². The summed E-state index contributed by atoms with van der Waals surface area (Å²) in [5, 5.41) is 8.82. The fraction of sp³-hybridized carbons (Fsp3) is 0.235. The maximum atomic E-state index is 10.7. The lowest BCUT2D eigenvalue weighted by molar-refractivity contribution is 0.0697. The predicted octanol–water partition coefficient (Wildman–Crippen LogP) is 4.22. The van der Waals surface area contributed by atoms with Crippen molar-refractivity contribution in [3.8, 4) is 11.5 Å². The third-order valence-corrected chi connectivity index (χ3v) is 4.02. The van der Waals surface area contributed by atoms with E-state index < -0.39 is 5.97 Å². The Morgan fingerprint density at radius 1 is 1.05 bits per heavy atom. The molecule has 0 bridgehead atoms. The van der Waals surface area contributed by atoms with Crippen molar-refractivity contribution in [3.05, 3.63) is 57.6 Å². The summed E-state index contributed by atoms with van der Waals surface area (Å²) in [6.45, 7) is 4.81. The molecule has 4 nitrogen and oxygen atoms in total. The molecule has 0 heterocycles. The van der Waals surface area contributed by atoms with Gasteiger partial charge in [0, 0.05) is 4.47 Å². The lowest BCUT2D eigenvalue weighted by atomic mass is 10.1. The smallest absolute Gasteiger partial charge is 0.335 e. The molecule has 1 N–H and O–H groups in total. The third-order valence-electron chi connectivity index (χ3n) is 3.17. The minimum Gasteiger partial charge on any atom is -0.490 e. The van der Waals surface area contributed by atoms with Crippen LogP contribution in [0.25, 0.3) is 0 Å². The zero-order chi connectivity index (χ0) is 16.1. The Labute approximate surface area is 137 Å². The van der Waals surface area contributed by atoms with E-state index in [2.05, 4.69) is 15.9 Å². The van der Waals surface area contributed by atoms with Gasteiger partial charge in [-0.15, -0.1) is 0 Å². The van der Waals surface area contributed by atoms with Gasteiger partial charge in [-0.1, -0.05) is 15.9 Å². The summed E-state index contributed by atoms with van der Waals surface area (Å²) in [5.41, 5.74) is 2.42. The van der Waals surface area contributed by atoms with E-state index in [1.807, 2.05) is 26.0 Å². The first-order valence-corrected chi connectivity index (χ1v) is 7.62. The molecule has 0 saturated heterocycles. The van der Waals surface area contributed by atoms with Gasteiger partial charge < -0.3 is 14.6 Å². The molecule has 0 atom stereocenters. The molecule has 0 fully saturated rings. The highest BCUT2D eigenvalue weighted by molar-refractivity contribution is 9.10. The van der Waals surface area contributed by atoms with Crippen LogP contribution in [0.1, 0.15) is 21.5 Å². The van der Waals surface area contributed by atoms with Gasteiger partial charge in [-0.05, 0) is 61.4 Å². The van der Waals surface area contributed by atoms with Gasteiger partial charge in [0.25, 0.3) is 0 Å². The largest absolute Gasteiger partial charge is 0.490 e. The number of rotatable bonds is 6. The predicted molar refractivity (Wildman–Crippen MR) is 88.0 cm³/mol. The second kappa shape index (κ2) is 7.31. The maximum Gasteiger partial charge on any atom is 0.335 e. The molecular weight excluding hydrogens is 348 g/mol. The number of carboxylic acid groups (broad SMARTS) is 1. The Morgan fingerprint density at radius 2 is 1.68 bits per heavy atom. The molecule has 0 spiro atoms. The van der Waals surface area contributed by atoms with E-state index >= 15 is 0 Å². The molecule has 22 heavy (non-hydrogen) atoms. The number of hydrogen-bond acceptors (Lipinski definition) is 3. The van der Waals surface area contributed by atoms with Crippen LogP contribution in [0, 0.1) is 13.8 Å². The van der Waals surface area contributed by atoms with Crippen molar-refractivity contribution in [2.45, 2.75) is 13.8 Å². The van der Waals surface area contributed by atoms with Gasteiger partial charge in [0.15, 0.2) is 0 Å². The van der Waals surface area contributed by atoms with Crippen molar-refractivity contribution in [1.82, 2.24) is 0 Å². The molecule has 0 aromatic heterocycles. The van der Waals surface area contributed by atoms with E-state index in [0.29, 0.717) is 19.0 Å². The second-order valence-corrected chi connectivity index (χ2v) is 5.75. The minimum atomic E-state index is -0.948. The zero-order valence-electron chi connectivity index (χ0n) is 12.4. The average Bonchev–Trinajstić information content (AvgIpc) is 2.49. The fourth-order valence-corrected chi connectivity index (χ4v) is 2.37. The molecule has 0 saturated carbocycles. The molecule has 2 aromatic carbocycles. The first kappa shape index (κ1) is 16.4. The van der Waals surface area contributed by atoms with Crippen LogP contribution in [0.5, 0.6) is 11.5 Å². The molecule has 2 aromatic rings. The van der Waals surface area contributed by atoms with Gasteiger partial charge in [0.05, 0.1) is 5.56 Å². The second-order valence-electron chi connectivity index (χ2n) is 4.89. The van der Waals surface area contributed by atoms with Crippen LogP contribution in [-0.2, 0) is 0 Å². The Morgan fingerprint density at radius 3 is 2.32 bits per heavy atom. The molecule has 0 radical (unpaired) electrons. The molecule has 5 heteroatoms. The first-order valence-electron chi connectivity index (χ1n) is 6.83. The van der Waals surface area contributed by atoms with Crippen LogP contribution in [0.4, 0.5) is 0 Å². The molecule has 0 unspecified atom stereocenters. The van der Waals surface area contributed by atoms with E-state index in [9.17, 15) is 4.79 Å². The van der Waals surface area contributed by atoms with Gasteiger partial charge >= 0.3 is 5.97 Å². The number of ether oxygens (including phenoxy) is 2. The lowest BCUT2D eigenvalue weighted by Gasteiger charge is -2.12. The number of carboxylic acids is 1. The normalized spacial score (nSPS) is 10.3. The average molecular weight is 365 g/mol. The van der Waals surface area contributed by atoms with E-state index in [1.54, 1.807) is 12.1 Å². The van der Waals surface area contributed by atoms with Crippen molar-refractivity contribution >= 4 is 21.9 Å². The quantitative estimate of drug-likeness (QED) is 0.779. The van der Waals surface area contributed by atoms with Gasteiger partial charge in [-0.2, -0.15) is 0 Å². The highest BCUT2D eigenvalue weighted by atomic mass is 79.9. The van der Waals surface area contributed by atoms with Gasteiger partial charge in [0.1, 0.15) is 24.7 Å². The van der Waals surface area contributed by atoms with Gasteiger partial charge in [0.2, 0.25) is 0 Å². The number of aromatic carboxylic acids is 1. The fourth-order valence-electron chi connectivity index (χ4n) is 1.91. The molecular formula is C17H17BrO4. The summed E-state index contributed by atoms with van der Waals surface area (Å²) in [7, 11) is 0. The molecule has 116 valence electrons. The first-order chi connectivity index (χ1) is 10.5. The monoisotopic (exact) mass is 364 g/mol. The van der Waals surface area contributed by atoms with Crippen LogP contribution < -0.4 is 9.47 Å². The topological polar surface area (TPSA) is 55.8 Å². The number of halogens is 1. The molecule has 0 aliphatic rings. The number of aryl methyl sites for hydroxylation is 2. The van der Waals surface area contributed by atoms with Crippen LogP contribution in [0.15, 0.2) is 40.9 Å². The SMILES string of the molecule is Cc1cc(OCCOc2ccc(C(=O)O)cc2)c(C)cc1Br. The Hall–Kier alpha value is -2.01. The summed E-state index contributed by atoms with van der Waals surface area (Å²) in [5.74, 6) is 0.513. The lowest BCUT2D eigenvalue weighted by Crippen LogP contribution is -2.10. The van der Waals surface area contributed by atoms with Crippen LogP contribution in [-0.4, -0.2) is 24.3 Å². The minimum absolute atomic E-state index is 0.240. The van der Waals surface area contributed by atoms with Crippen molar-refractivity contribution in [1.29, 1.82) is 0 Å². The highest BCUT2D eigenvalue weighted by Crippen LogP contribution is 2.26. The summed E-state index contributed by atoms with van der Waals surface area (Å²) >= 11 is 3.49. The van der Waals surface area contributed by atoms with Crippen molar-refractivity contribution in [3.63, 3.8) is 0 Å². The summed E-state index contributed by atoms with van der Waals surface area (Å²) in [6, 6.07) is 10.3. The van der Waals surface area contributed by atoms with Crippen molar-refractivity contribution in [2.24, 2.45) is 0 Å². The molecule has 0 aliphatic carbocycles. The summed E-state index contributed by atoms with van der Waals surface area (Å²) < 4.78 is 12.3.